The van der Waals surface area contributed by atoms with E-state index in [1.807, 2.05) is 0 Å². The number of nitrogens with one attached hydrogen (secondary N) is 1. The Balaban J connectivity index is 1.65. The van der Waals surface area contributed by atoms with Crippen molar-refractivity contribution in [3.05, 3.63) is 28.8 Å². The molecule has 26 heavy (non-hydrogen) atoms. The summed E-state index contributed by atoms with van der Waals surface area (Å²) in [6.07, 6.45) is -2.34. The molecule has 0 bridgehead atoms. The first kappa shape index (κ1) is 19.0. The topological polar surface area (TPSA) is 69.6 Å². The van der Waals surface area contributed by atoms with Gasteiger partial charge in [0.25, 0.3) is 0 Å². The third kappa shape index (κ3) is 3.53. The summed E-state index contributed by atoms with van der Waals surface area (Å²) in [7, 11) is 0. The second-order valence-electron chi connectivity index (χ2n) is 6.96. The van der Waals surface area contributed by atoms with Crippen LogP contribution in [0.5, 0.6) is 0 Å². The summed E-state index contributed by atoms with van der Waals surface area (Å²) in [6, 6.07) is 3.17. The summed E-state index contributed by atoms with van der Waals surface area (Å²) >= 11 is 5.56. The molecule has 2 fully saturated rings. The second kappa shape index (κ2) is 6.74. The van der Waals surface area contributed by atoms with Gasteiger partial charge in [0.2, 0.25) is 5.91 Å². The van der Waals surface area contributed by atoms with Gasteiger partial charge in [-0.2, -0.15) is 13.2 Å². The highest BCUT2D eigenvalue weighted by Crippen LogP contribution is 2.48. The van der Waals surface area contributed by atoms with Crippen LogP contribution in [0.4, 0.5) is 18.9 Å². The monoisotopic (exact) mass is 390 g/mol. The van der Waals surface area contributed by atoms with E-state index in [4.69, 9.17) is 11.6 Å². The fourth-order valence-electron chi connectivity index (χ4n) is 4.09. The van der Waals surface area contributed by atoms with E-state index in [0.717, 1.165) is 25.0 Å². The SMILES string of the molecule is O=C(CN1C[C@@H]2CCC[C@@]2(C(=O)O)C1)Nc1ccc(Cl)c(C(F)(F)F)c1. The lowest BCUT2D eigenvalue weighted by atomic mass is 9.81. The fourth-order valence-corrected chi connectivity index (χ4v) is 4.31. The Bertz CT molecular complexity index is 740. The number of nitrogens with zero attached hydrogens (tertiary/aromatic N) is 1. The molecule has 2 N–H and O–H groups in total. The van der Waals surface area contributed by atoms with Crippen LogP contribution in [0.3, 0.4) is 0 Å². The molecule has 1 amide bonds. The van der Waals surface area contributed by atoms with Gasteiger partial charge in [0, 0.05) is 18.8 Å². The van der Waals surface area contributed by atoms with E-state index >= 15 is 0 Å². The van der Waals surface area contributed by atoms with E-state index in [1.54, 1.807) is 4.90 Å². The van der Waals surface area contributed by atoms with E-state index < -0.39 is 34.1 Å². The van der Waals surface area contributed by atoms with Gasteiger partial charge in [0.1, 0.15) is 0 Å². The summed E-state index contributed by atoms with van der Waals surface area (Å²) in [5.41, 5.74) is -1.82. The number of likely N-dealkylation sites (tertiary alicyclic amines) is 1. The standard InChI is InChI=1S/C17H18ClF3N2O3/c18-13-4-3-11(6-12(13)17(19,20)21)22-14(24)8-23-7-10-2-1-5-16(10,9-23)15(25)26/h3-4,6,10H,1-2,5,7-9H2,(H,22,24)(H,25,26)/t10-,16+/m0/s1. The number of aliphatic carboxylic acids is 1. The zero-order chi connectivity index (χ0) is 19.1. The molecule has 142 valence electrons. The number of benzene rings is 1. The Morgan fingerprint density at radius 3 is 2.73 bits per heavy atom. The van der Waals surface area contributed by atoms with Gasteiger partial charge in [0.05, 0.1) is 22.5 Å². The molecular weight excluding hydrogens is 373 g/mol. The van der Waals surface area contributed by atoms with Gasteiger partial charge in [-0.3, -0.25) is 14.5 Å². The molecule has 2 atom stereocenters. The predicted octanol–water partition coefficient (Wildman–Crippen LogP) is 3.48. The van der Waals surface area contributed by atoms with Crippen molar-refractivity contribution in [2.45, 2.75) is 25.4 Å². The van der Waals surface area contributed by atoms with Crippen molar-refractivity contribution in [1.82, 2.24) is 4.90 Å². The highest BCUT2D eigenvalue weighted by molar-refractivity contribution is 6.31. The Kier molecular flexibility index (Phi) is 4.92. The van der Waals surface area contributed by atoms with Crippen LogP contribution < -0.4 is 5.32 Å². The van der Waals surface area contributed by atoms with Crippen LogP contribution in [0.1, 0.15) is 24.8 Å². The number of alkyl halides is 3. The van der Waals surface area contributed by atoms with Gasteiger partial charge in [-0.05, 0) is 37.0 Å². The molecule has 1 saturated heterocycles. The number of hydrogen-bond donors (Lipinski definition) is 2. The van der Waals surface area contributed by atoms with Crippen LogP contribution in [0, 0.1) is 11.3 Å². The van der Waals surface area contributed by atoms with Crippen LogP contribution in [0.15, 0.2) is 18.2 Å². The second-order valence-corrected chi connectivity index (χ2v) is 7.37. The Hall–Kier alpha value is -1.80. The minimum absolute atomic E-state index is 0.000867. The number of hydrogen-bond acceptors (Lipinski definition) is 3. The molecule has 2 aliphatic rings. The number of carbonyl (C=O) groups is 2. The van der Waals surface area contributed by atoms with Crippen LogP contribution in [0.2, 0.25) is 5.02 Å². The summed E-state index contributed by atoms with van der Waals surface area (Å²) in [5, 5.41) is 11.5. The molecule has 9 heteroatoms. The van der Waals surface area contributed by atoms with Gasteiger partial charge in [-0.25, -0.2) is 0 Å². The first-order valence-corrected chi connectivity index (χ1v) is 8.62. The number of carbonyl (C=O) groups excluding carboxylic acids is 1. The molecule has 3 rings (SSSR count). The van der Waals surface area contributed by atoms with E-state index in [9.17, 15) is 27.9 Å². The highest BCUT2D eigenvalue weighted by atomic mass is 35.5. The van der Waals surface area contributed by atoms with E-state index in [0.29, 0.717) is 13.0 Å². The quantitative estimate of drug-likeness (QED) is 0.825. The molecule has 5 nitrogen and oxygen atoms in total. The molecule has 1 aromatic rings. The number of halogens is 4. The number of amides is 1. The average molecular weight is 391 g/mol. The lowest BCUT2D eigenvalue weighted by Crippen LogP contribution is -2.37. The van der Waals surface area contributed by atoms with Crippen molar-refractivity contribution in [3.63, 3.8) is 0 Å². The lowest BCUT2D eigenvalue weighted by Gasteiger charge is -2.23. The van der Waals surface area contributed by atoms with Crippen molar-refractivity contribution in [2.75, 3.05) is 25.0 Å². The molecule has 1 aliphatic heterocycles. The zero-order valence-electron chi connectivity index (χ0n) is 13.8. The molecule has 1 heterocycles. The molecule has 0 unspecified atom stereocenters. The maximum Gasteiger partial charge on any atom is 0.417 e. The van der Waals surface area contributed by atoms with Crippen LogP contribution in [-0.2, 0) is 15.8 Å². The number of anilines is 1. The van der Waals surface area contributed by atoms with Crippen molar-refractivity contribution in [1.29, 1.82) is 0 Å². The molecule has 1 saturated carbocycles. The molecular formula is C17H18ClF3N2O3. The maximum atomic E-state index is 12.9. The van der Waals surface area contributed by atoms with Gasteiger partial charge in [-0.1, -0.05) is 18.0 Å². The minimum Gasteiger partial charge on any atom is -0.481 e. The number of carboxylic acid groups (broad SMARTS) is 1. The summed E-state index contributed by atoms with van der Waals surface area (Å²) < 4.78 is 38.6. The minimum atomic E-state index is -4.61. The van der Waals surface area contributed by atoms with Gasteiger partial charge >= 0.3 is 12.1 Å². The molecule has 1 aliphatic carbocycles. The van der Waals surface area contributed by atoms with Crippen molar-refractivity contribution in [2.24, 2.45) is 11.3 Å². The van der Waals surface area contributed by atoms with Crippen molar-refractivity contribution in [3.8, 4) is 0 Å². The van der Waals surface area contributed by atoms with Gasteiger partial charge in [0.15, 0.2) is 0 Å². The van der Waals surface area contributed by atoms with E-state index in [-0.39, 0.29) is 24.7 Å². The summed E-state index contributed by atoms with van der Waals surface area (Å²) in [4.78, 5) is 25.6. The number of carboxylic acids is 1. The molecule has 0 radical (unpaired) electrons. The number of fused-ring (bicyclic) bond motifs is 1. The van der Waals surface area contributed by atoms with Crippen LogP contribution in [-0.4, -0.2) is 41.5 Å². The predicted molar refractivity (Wildman–Crippen MR) is 88.9 cm³/mol. The van der Waals surface area contributed by atoms with Crippen molar-refractivity contribution >= 4 is 29.2 Å². The lowest BCUT2D eigenvalue weighted by molar-refractivity contribution is -0.149. The fraction of sp³-hybridized carbons (Fsp3) is 0.529. The first-order valence-electron chi connectivity index (χ1n) is 8.24. The normalized spacial score (nSPS) is 25.9. The summed E-state index contributed by atoms with van der Waals surface area (Å²) in [6.45, 7) is 0.735. The third-order valence-electron chi connectivity index (χ3n) is 5.29. The van der Waals surface area contributed by atoms with E-state index in [1.165, 1.54) is 6.07 Å². The van der Waals surface area contributed by atoms with Crippen LogP contribution >= 0.6 is 11.6 Å². The summed E-state index contributed by atoms with van der Waals surface area (Å²) in [5.74, 6) is -1.31. The number of rotatable bonds is 4. The Morgan fingerprint density at radius 1 is 1.38 bits per heavy atom. The first-order chi connectivity index (χ1) is 12.1. The molecule has 0 aromatic heterocycles. The third-order valence-corrected chi connectivity index (χ3v) is 5.62. The largest absolute Gasteiger partial charge is 0.481 e. The Labute approximate surface area is 153 Å². The van der Waals surface area contributed by atoms with E-state index in [2.05, 4.69) is 5.32 Å². The van der Waals surface area contributed by atoms with Gasteiger partial charge in [-0.15, -0.1) is 0 Å². The Morgan fingerprint density at radius 2 is 2.12 bits per heavy atom. The van der Waals surface area contributed by atoms with Crippen molar-refractivity contribution < 1.29 is 27.9 Å². The molecule has 1 aromatic carbocycles. The van der Waals surface area contributed by atoms with Crippen LogP contribution in [0.25, 0.3) is 0 Å². The average Bonchev–Trinajstić information content (AvgIpc) is 3.05. The maximum absolute atomic E-state index is 12.9. The smallest absolute Gasteiger partial charge is 0.417 e. The highest BCUT2D eigenvalue weighted by Gasteiger charge is 2.54. The molecule has 0 spiro atoms. The zero-order valence-corrected chi connectivity index (χ0v) is 14.5. The van der Waals surface area contributed by atoms with Gasteiger partial charge < -0.3 is 10.4 Å².